The average Bonchev–Trinajstić information content (AvgIpc) is 3.20. The Hall–Kier alpha value is -2.84. The first-order chi connectivity index (χ1) is 16.7. The number of furan rings is 1. The first kappa shape index (κ1) is 26.8. The fraction of sp³-hybridized carbons (Fsp3) is 0.444. The van der Waals surface area contributed by atoms with Gasteiger partial charge in [-0.15, -0.1) is 0 Å². The number of unbranched alkanes of at least 4 members (excludes halogenated alkanes) is 1. The molecule has 3 aromatic rings. The zero-order valence-electron chi connectivity index (χ0n) is 21.0. The molecule has 0 amide bonds. The van der Waals surface area contributed by atoms with E-state index in [0.717, 1.165) is 32.2 Å². The summed E-state index contributed by atoms with van der Waals surface area (Å²) in [6.45, 7) is 8.77. The lowest BCUT2D eigenvalue weighted by Gasteiger charge is -2.10. The van der Waals surface area contributed by atoms with Crippen LogP contribution in [0.3, 0.4) is 0 Å². The third kappa shape index (κ3) is 7.32. The monoisotopic (exact) mass is 500 g/mol. The predicted molar refractivity (Wildman–Crippen MR) is 141 cm³/mol. The molecule has 0 aliphatic carbocycles. The molecular weight excluding hydrogens is 464 g/mol. The van der Waals surface area contributed by atoms with Crippen LogP contribution in [0.15, 0.2) is 46.9 Å². The molecule has 0 fully saturated rings. The highest BCUT2D eigenvalue weighted by Crippen LogP contribution is 2.35. The first-order valence-electron chi connectivity index (χ1n) is 12.3. The summed E-state index contributed by atoms with van der Waals surface area (Å²) in [4.78, 5) is 13.6. The molecule has 1 atom stereocenters. The van der Waals surface area contributed by atoms with Crippen LogP contribution in [0.5, 0.6) is 5.75 Å². The average molecular weight is 501 g/mol. The van der Waals surface area contributed by atoms with Crippen LogP contribution in [0.2, 0.25) is 0 Å². The molecule has 1 aromatic heterocycles. The van der Waals surface area contributed by atoms with Gasteiger partial charge in [0.15, 0.2) is 5.78 Å². The molecule has 7 nitrogen and oxygen atoms in total. The Morgan fingerprint density at radius 3 is 2.43 bits per heavy atom. The normalized spacial score (nSPS) is 12.6. The van der Waals surface area contributed by atoms with E-state index in [1.165, 1.54) is 12.8 Å². The van der Waals surface area contributed by atoms with Gasteiger partial charge in [-0.3, -0.25) is 9.52 Å². The highest BCUT2D eigenvalue weighted by molar-refractivity contribution is 7.92. The molecule has 0 spiro atoms. The van der Waals surface area contributed by atoms with Crippen LogP contribution in [0.4, 0.5) is 5.69 Å². The van der Waals surface area contributed by atoms with Gasteiger partial charge in [0.05, 0.1) is 18.4 Å². The van der Waals surface area contributed by atoms with E-state index in [4.69, 9.17) is 9.15 Å². The van der Waals surface area contributed by atoms with Crippen LogP contribution in [0.25, 0.3) is 11.0 Å². The van der Waals surface area contributed by atoms with Gasteiger partial charge in [0.1, 0.15) is 17.1 Å². The molecule has 0 saturated carbocycles. The van der Waals surface area contributed by atoms with Gasteiger partial charge in [0.25, 0.3) is 0 Å². The second-order valence-electron chi connectivity index (χ2n) is 8.89. The minimum Gasteiger partial charge on any atom is -0.494 e. The summed E-state index contributed by atoms with van der Waals surface area (Å²) in [5.41, 5.74) is 1.93. The van der Waals surface area contributed by atoms with Crippen molar-refractivity contribution in [2.24, 2.45) is 0 Å². The van der Waals surface area contributed by atoms with Gasteiger partial charge in [-0.05, 0) is 74.8 Å². The van der Waals surface area contributed by atoms with Gasteiger partial charge >= 0.3 is 0 Å². The number of benzene rings is 2. The fourth-order valence-corrected chi connectivity index (χ4v) is 4.38. The molecule has 1 unspecified atom stereocenters. The second kappa shape index (κ2) is 12.2. The smallest absolute Gasteiger partial charge is 0.229 e. The zero-order valence-corrected chi connectivity index (χ0v) is 21.8. The number of fused-ring (bicyclic) bond motifs is 1. The van der Waals surface area contributed by atoms with Gasteiger partial charge in [-0.2, -0.15) is 0 Å². The van der Waals surface area contributed by atoms with Crippen molar-refractivity contribution in [2.75, 3.05) is 30.7 Å². The summed E-state index contributed by atoms with van der Waals surface area (Å²) in [7, 11) is -3.45. The quantitative estimate of drug-likeness (QED) is 0.217. The molecule has 190 valence electrons. The lowest BCUT2D eigenvalue weighted by Crippen LogP contribution is -2.18. The SMILES string of the molecule is CCCCNCCCOc1ccc(C(=O)c2c(C(C)CC)oc3ccc(NS(C)(=O)=O)cc23)cc1. The molecule has 1 heterocycles. The van der Waals surface area contributed by atoms with Gasteiger partial charge in [0.2, 0.25) is 10.0 Å². The van der Waals surface area contributed by atoms with Crippen molar-refractivity contribution in [3.05, 3.63) is 59.4 Å². The first-order valence-corrected chi connectivity index (χ1v) is 14.1. The summed E-state index contributed by atoms with van der Waals surface area (Å²) < 4.78 is 37.8. The van der Waals surface area contributed by atoms with E-state index in [2.05, 4.69) is 17.0 Å². The number of ether oxygens (including phenoxy) is 1. The zero-order chi connectivity index (χ0) is 25.4. The molecule has 8 heteroatoms. The molecule has 0 radical (unpaired) electrons. The molecule has 2 N–H and O–H groups in total. The summed E-state index contributed by atoms with van der Waals surface area (Å²) in [6.07, 6.45) is 5.16. The van der Waals surface area contributed by atoms with E-state index in [1.54, 1.807) is 42.5 Å². The predicted octanol–water partition coefficient (Wildman–Crippen LogP) is 5.71. The maximum absolute atomic E-state index is 13.6. The summed E-state index contributed by atoms with van der Waals surface area (Å²) in [5, 5.41) is 3.98. The Balaban J connectivity index is 1.80. The molecule has 0 saturated heterocycles. The Morgan fingerprint density at radius 1 is 1.06 bits per heavy atom. The van der Waals surface area contributed by atoms with E-state index in [1.807, 2.05) is 13.8 Å². The minimum atomic E-state index is -3.45. The molecule has 2 aromatic carbocycles. The van der Waals surface area contributed by atoms with E-state index < -0.39 is 10.0 Å². The Morgan fingerprint density at radius 2 is 1.77 bits per heavy atom. The number of carbonyl (C=O) groups excluding carboxylic acids is 1. The number of ketones is 1. The van der Waals surface area contributed by atoms with Crippen LogP contribution in [0.1, 0.15) is 74.1 Å². The number of hydrogen-bond acceptors (Lipinski definition) is 6. The fourth-order valence-electron chi connectivity index (χ4n) is 3.82. The van der Waals surface area contributed by atoms with Crippen molar-refractivity contribution in [2.45, 2.75) is 52.4 Å². The van der Waals surface area contributed by atoms with Gasteiger partial charge in [0, 0.05) is 22.6 Å². The highest BCUT2D eigenvalue weighted by atomic mass is 32.2. The molecular formula is C27H36N2O5S. The molecule has 3 rings (SSSR count). The lowest BCUT2D eigenvalue weighted by atomic mass is 9.94. The van der Waals surface area contributed by atoms with Crippen LogP contribution in [0, 0.1) is 0 Å². The van der Waals surface area contributed by atoms with Gasteiger partial charge in [-0.1, -0.05) is 27.2 Å². The van der Waals surface area contributed by atoms with Crippen LogP contribution in [-0.4, -0.2) is 40.2 Å². The standard InChI is InChI=1S/C27H36N2O5S/c1-5-7-15-28-16-8-17-33-22-12-9-20(10-13-22)26(30)25-23-18-21(29-35(4,31)32)11-14-24(23)34-27(25)19(3)6-2/h9-14,18-19,28-29H,5-8,15-17H2,1-4H3. The van der Waals surface area contributed by atoms with Crippen molar-refractivity contribution in [3.63, 3.8) is 0 Å². The minimum absolute atomic E-state index is 0.0289. The Kier molecular flexibility index (Phi) is 9.34. The van der Waals surface area contributed by atoms with E-state index in [-0.39, 0.29) is 11.7 Å². The van der Waals surface area contributed by atoms with Crippen LogP contribution < -0.4 is 14.8 Å². The molecule has 35 heavy (non-hydrogen) atoms. The number of hydrogen-bond donors (Lipinski definition) is 2. The highest BCUT2D eigenvalue weighted by Gasteiger charge is 2.25. The van der Waals surface area contributed by atoms with Crippen LogP contribution in [-0.2, 0) is 10.0 Å². The van der Waals surface area contributed by atoms with Crippen molar-refractivity contribution in [3.8, 4) is 5.75 Å². The summed E-state index contributed by atoms with van der Waals surface area (Å²) in [5.74, 6) is 1.19. The van der Waals surface area contributed by atoms with E-state index >= 15 is 0 Å². The Bertz CT molecular complexity index is 1230. The number of sulfonamides is 1. The van der Waals surface area contributed by atoms with Crippen molar-refractivity contribution in [1.82, 2.24) is 5.32 Å². The maximum atomic E-state index is 13.6. The number of rotatable bonds is 14. The third-order valence-electron chi connectivity index (χ3n) is 5.90. The largest absolute Gasteiger partial charge is 0.494 e. The van der Waals surface area contributed by atoms with Crippen molar-refractivity contribution < 1.29 is 22.4 Å². The summed E-state index contributed by atoms with van der Waals surface area (Å²) >= 11 is 0. The number of nitrogens with one attached hydrogen (secondary N) is 2. The molecule has 0 aliphatic heterocycles. The number of anilines is 1. The maximum Gasteiger partial charge on any atom is 0.229 e. The van der Waals surface area contributed by atoms with Crippen molar-refractivity contribution >= 4 is 32.5 Å². The molecule has 0 bridgehead atoms. The second-order valence-corrected chi connectivity index (χ2v) is 10.6. The van der Waals surface area contributed by atoms with E-state index in [0.29, 0.717) is 45.9 Å². The summed E-state index contributed by atoms with van der Waals surface area (Å²) in [6, 6.07) is 12.1. The topological polar surface area (TPSA) is 97.6 Å². The van der Waals surface area contributed by atoms with Crippen LogP contribution >= 0.6 is 0 Å². The molecule has 0 aliphatic rings. The third-order valence-corrected chi connectivity index (χ3v) is 6.50. The Labute approximate surface area is 208 Å². The van der Waals surface area contributed by atoms with Gasteiger partial charge in [-0.25, -0.2) is 8.42 Å². The van der Waals surface area contributed by atoms with Crippen molar-refractivity contribution in [1.29, 1.82) is 0 Å². The van der Waals surface area contributed by atoms with Gasteiger partial charge < -0.3 is 14.5 Å². The lowest BCUT2D eigenvalue weighted by molar-refractivity contribution is 0.103. The number of carbonyl (C=O) groups is 1. The van der Waals surface area contributed by atoms with E-state index in [9.17, 15) is 13.2 Å².